The van der Waals surface area contributed by atoms with E-state index in [2.05, 4.69) is 36.2 Å². The van der Waals surface area contributed by atoms with E-state index >= 15 is 0 Å². The molecule has 2 aliphatic heterocycles. The molecule has 2 amide bonds. The number of piperidine rings is 1. The van der Waals surface area contributed by atoms with Gasteiger partial charge in [0, 0.05) is 51.0 Å². The fourth-order valence-corrected chi connectivity index (χ4v) is 5.90. The number of amides is 2. The zero-order valence-corrected chi connectivity index (χ0v) is 22.5. The summed E-state index contributed by atoms with van der Waals surface area (Å²) in [7, 11) is 1.63. The Bertz CT molecular complexity index is 1270. The van der Waals surface area contributed by atoms with E-state index in [1.807, 2.05) is 58.1 Å². The number of rotatable bonds is 8. The van der Waals surface area contributed by atoms with E-state index in [1.54, 1.807) is 7.11 Å². The van der Waals surface area contributed by atoms with Crippen LogP contribution in [0.1, 0.15) is 35.4 Å². The van der Waals surface area contributed by atoms with Crippen molar-refractivity contribution in [2.75, 3.05) is 33.4 Å². The van der Waals surface area contributed by atoms with Gasteiger partial charge in [-0.1, -0.05) is 48.5 Å². The number of para-hydroxylation sites is 1. The predicted molar refractivity (Wildman–Crippen MR) is 146 cm³/mol. The number of hydrogen-bond acceptors (Lipinski definition) is 5. The summed E-state index contributed by atoms with van der Waals surface area (Å²) < 4.78 is 7.34. The summed E-state index contributed by atoms with van der Waals surface area (Å²) in [6.45, 7) is 7.20. The molecule has 0 saturated carbocycles. The first-order valence-corrected chi connectivity index (χ1v) is 13.4. The molecule has 2 saturated heterocycles. The molecule has 8 heteroatoms. The van der Waals surface area contributed by atoms with Crippen molar-refractivity contribution < 1.29 is 14.3 Å². The van der Waals surface area contributed by atoms with E-state index in [1.165, 1.54) is 5.56 Å². The van der Waals surface area contributed by atoms with E-state index in [9.17, 15) is 9.59 Å². The van der Waals surface area contributed by atoms with Gasteiger partial charge in [0.15, 0.2) is 0 Å². The second-order valence-corrected chi connectivity index (χ2v) is 10.4. The van der Waals surface area contributed by atoms with Crippen LogP contribution in [0.2, 0.25) is 0 Å². The molecule has 2 aromatic carbocycles. The highest BCUT2D eigenvalue weighted by molar-refractivity contribution is 6.00. The maximum Gasteiger partial charge on any atom is 0.246 e. The van der Waals surface area contributed by atoms with Gasteiger partial charge in [-0.3, -0.25) is 14.5 Å². The quantitative estimate of drug-likeness (QED) is 0.499. The lowest BCUT2D eigenvalue weighted by Gasteiger charge is -2.51. The number of aromatic nitrogens is 2. The third-order valence-electron chi connectivity index (χ3n) is 8.12. The number of hydrogen-bond donors (Lipinski definition) is 1. The normalized spacial score (nSPS) is 19.7. The molecule has 2 fully saturated rings. The van der Waals surface area contributed by atoms with Gasteiger partial charge in [0.2, 0.25) is 11.8 Å². The minimum atomic E-state index is -0.836. The molecule has 8 nitrogen and oxygen atoms in total. The number of nitrogens with one attached hydrogen (secondary N) is 1. The largest absolute Gasteiger partial charge is 0.383 e. The SMILES string of the molecule is COCCN1C(=O)C(Cc2ccccc2)NC(=O)C12CCN(Cc1c(C)nn(-c3ccccc3)c1C)CC2. The molecule has 3 aromatic rings. The maximum absolute atomic E-state index is 13.7. The number of carbonyl (C=O) groups excluding carboxylic acids is 2. The van der Waals surface area contributed by atoms with Gasteiger partial charge < -0.3 is 15.0 Å². The smallest absolute Gasteiger partial charge is 0.246 e. The van der Waals surface area contributed by atoms with Crippen molar-refractivity contribution in [1.82, 2.24) is 24.9 Å². The Hall–Kier alpha value is -3.49. The van der Waals surface area contributed by atoms with Crippen LogP contribution in [0.3, 0.4) is 0 Å². The van der Waals surface area contributed by atoms with Gasteiger partial charge in [0.25, 0.3) is 0 Å². The van der Waals surface area contributed by atoms with Crippen molar-refractivity contribution >= 4 is 11.8 Å². The highest BCUT2D eigenvalue weighted by Gasteiger charge is 2.53. The summed E-state index contributed by atoms with van der Waals surface area (Å²) in [6, 6.07) is 19.5. The molecular formula is C30H37N5O3. The first kappa shape index (κ1) is 26.1. The fraction of sp³-hybridized carbons (Fsp3) is 0.433. The summed E-state index contributed by atoms with van der Waals surface area (Å²) in [5.41, 5.74) is 4.61. The minimum Gasteiger partial charge on any atom is -0.383 e. The second-order valence-electron chi connectivity index (χ2n) is 10.4. The van der Waals surface area contributed by atoms with Crippen molar-refractivity contribution in [3.8, 4) is 5.69 Å². The number of aryl methyl sites for hydroxylation is 1. The third kappa shape index (κ3) is 4.98. The molecule has 1 spiro atoms. The van der Waals surface area contributed by atoms with Crippen LogP contribution in [-0.4, -0.2) is 76.3 Å². The Labute approximate surface area is 224 Å². The van der Waals surface area contributed by atoms with Crippen LogP contribution in [0.5, 0.6) is 0 Å². The molecule has 2 aliphatic rings. The van der Waals surface area contributed by atoms with Crippen LogP contribution >= 0.6 is 0 Å². The zero-order valence-electron chi connectivity index (χ0n) is 22.5. The van der Waals surface area contributed by atoms with Crippen LogP contribution in [-0.2, 0) is 27.3 Å². The van der Waals surface area contributed by atoms with Gasteiger partial charge in [-0.2, -0.15) is 5.10 Å². The van der Waals surface area contributed by atoms with Gasteiger partial charge >= 0.3 is 0 Å². The molecule has 3 heterocycles. The van der Waals surface area contributed by atoms with Crippen molar-refractivity contribution in [3.63, 3.8) is 0 Å². The number of nitrogens with zero attached hydrogens (tertiary/aromatic N) is 4. The van der Waals surface area contributed by atoms with Gasteiger partial charge in [0.05, 0.1) is 18.0 Å². The Morgan fingerprint density at radius 1 is 1.00 bits per heavy atom. The Morgan fingerprint density at radius 3 is 2.32 bits per heavy atom. The van der Waals surface area contributed by atoms with Crippen LogP contribution in [0.25, 0.3) is 5.69 Å². The van der Waals surface area contributed by atoms with Gasteiger partial charge in [0.1, 0.15) is 11.6 Å². The maximum atomic E-state index is 13.7. The monoisotopic (exact) mass is 515 g/mol. The number of carbonyl (C=O) groups is 2. The summed E-state index contributed by atoms with van der Waals surface area (Å²) in [4.78, 5) is 31.5. The average molecular weight is 516 g/mol. The van der Waals surface area contributed by atoms with E-state index in [0.29, 0.717) is 32.4 Å². The third-order valence-corrected chi connectivity index (χ3v) is 8.12. The summed E-state index contributed by atoms with van der Waals surface area (Å²) in [5.74, 6) is -0.0622. The number of ether oxygens (including phenoxy) is 1. The number of methoxy groups -OCH3 is 1. The Morgan fingerprint density at radius 2 is 1.66 bits per heavy atom. The van der Waals surface area contributed by atoms with Crippen molar-refractivity contribution in [2.45, 2.75) is 51.2 Å². The lowest BCUT2D eigenvalue weighted by atomic mass is 9.81. The van der Waals surface area contributed by atoms with Crippen molar-refractivity contribution in [1.29, 1.82) is 0 Å². The van der Waals surface area contributed by atoms with Crippen molar-refractivity contribution in [3.05, 3.63) is 83.2 Å². The summed E-state index contributed by atoms with van der Waals surface area (Å²) in [6.07, 6.45) is 1.68. The Kier molecular flexibility index (Phi) is 7.63. The lowest BCUT2D eigenvalue weighted by Crippen LogP contribution is -2.73. The number of piperazine rings is 1. The Balaban J connectivity index is 1.31. The molecule has 1 atom stereocenters. The van der Waals surface area contributed by atoms with E-state index in [-0.39, 0.29) is 11.8 Å². The molecule has 38 heavy (non-hydrogen) atoms. The topological polar surface area (TPSA) is 79.7 Å². The molecular weight excluding hydrogens is 478 g/mol. The summed E-state index contributed by atoms with van der Waals surface area (Å²) in [5, 5.41) is 7.88. The summed E-state index contributed by atoms with van der Waals surface area (Å²) >= 11 is 0. The number of likely N-dealkylation sites (tertiary alicyclic amines) is 1. The first-order chi connectivity index (χ1) is 18.4. The number of benzene rings is 2. The van der Waals surface area contributed by atoms with E-state index < -0.39 is 11.6 Å². The molecule has 0 aliphatic carbocycles. The molecule has 5 rings (SSSR count). The van der Waals surface area contributed by atoms with E-state index in [4.69, 9.17) is 9.84 Å². The van der Waals surface area contributed by atoms with Crippen molar-refractivity contribution in [2.24, 2.45) is 0 Å². The minimum absolute atomic E-state index is 0.0187. The molecule has 1 unspecified atom stereocenters. The molecule has 200 valence electrons. The van der Waals surface area contributed by atoms with Gasteiger partial charge in [-0.05, 0) is 44.4 Å². The molecule has 1 aromatic heterocycles. The van der Waals surface area contributed by atoms with Crippen LogP contribution in [0.4, 0.5) is 0 Å². The fourth-order valence-electron chi connectivity index (χ4n) is 5.90. The second kappa shape index (κ2) is 11.1. The average Bonchev–Trinajstić information content (AvgIpc) is 3.22. The van der Waals surface area contributed by atoms with Crippen LogP contribution < -0.4 is 5.32 Å². The highest BCUT2D eigenvalue weighted by Crippen LogP contribution is 2.34. The van der Waals surface area contributed by atoms with Gasteiger partial charge in [-0.15, -0.1) is 0 Å². The lowest BCUT2D eigenvalue weighted by molar-refractivity contribution is -0.162. The van der Waals surface area contributed by atoms with Crippen LogP contribution in [0, 0.1) is 13.8 Å². The predicted octanol–water partition coefficient (Wildman–Crippen LogP) is 3.04. The van der Waals surface area contributed by atoms with Gasteiger partial charge in [-0.25, -0.2) is 4.68 Å². The zero-order chi connectivity index (χ0) is 26.7. The van der Waals surface area contributed by atoms with Crippen LogP contribution in [0.15, 0.2) is 60.7 Å². The standard InChI is InChI=1S/C30H37N5O3/c1-22-26(23(2)35(32-22)25-12-8-5-9-13-25)21-33-16-14-30(15-17-33)29(37)31-27(20-24-10-6-4-7-11-24)28(36)34(30)18-19-38-3/h4-13,27H,14-21H2,1-3H3,(H,31,37). The molecule has 1 N–H and O–H groups in total. The molecule has 0 bridgehead atoms. The molecule has 0 radical (unpaired) electrons. The van der Waals surface area contributed by atoms with E-state index in [0.717, 1.165) is 42.3 Å². The highest BCUT2D eigenvalue weighted by atomic mass is 16.5. The first-order valence-electron chi connectivity index (χ1n) is 13.4.